The molecule has 1 heterocycles. The number of nitrogens with one attached hydrogen (secondary N) is 2. The third-order valence-corrected chi connectivity index (χ3v) is 4.55. The largest absolute Gasteiger partial charge is 0.274 e. The first-order chi connectivity index (χ1) is 10.4. The second-order valence-corrected chi connectivity index (χ2v) is 6.82. The highest BCUT2D eigenvalue weighted by molar-refractivity contribution is 7.90. The number of amidine groups is 1. The zero-order valence-electron chi connectivity index (χ0n) is 12.7. The molecule has 8 heteroatoms. The molecule has 2 rings (SSSR count). The summed E-state index contributed by atoms with van der Waals surface area (Å²) >= 11 is 0. The molecule has 0 aliphatic carbocycles. The van der Waals surface area contributed by atoms with E-state index in [4.69, 9.17) is 4.84 Å². The minimum Gasteiger partial charge on any atom is -0.274 e. The second-order valence-electron chi connectivity index (χ2n) is 5.17. The number of nitrogens with zero attached hydrogens (tertiary/aromatic N) is 1. The number of fused-ring (bicyclic) bond motifs is 1. The van der Waals surface area contributed by atoms with Crippen molar-refractivity contribution in [1.29, 1.82) is 0 Å². The molecular weight excluding hydrogens is 306 g/mol. The van der Waals surface area contributed by atoms with Gasteiger partial charge in [0.05, 0.1) is 11.5 Å². The Kier molecular flexibility index (Phi) is 4.82. The van der Waals surface area contributed by atoms with Crippen molar-refractivity contribution >= 4 is 21.8 Å². The van der Waals surface area contributed by atoms with Crippen molar-refractivity contribution in [2.75, 3.05) is 6.61 Å². The van der Waals surface area contributed by atoms with Gasteiger partial charge in [-0.1, -0.05) is 26.0 Å². The van der Waals surface area contributed by atoms with Crippen LogP contribution in [0.2, 0.25) is 0 Å². The Morgan fingerprint density at radius 2 is 2.05 bits per heavy atom. The fourth-order valence-corrected chi connectivity index (χ4v) is 3.32. The molecule has 1 aromatic rings. The van der Waals surface area contributed by atoms with E-state index in [0.717, 1.165) is 0 Å². The predicted octanol–water partition coefficient (Wildman–Crippen LogP) is 0.817. The lowest BCUT2D eigenvalue weighted by molar-refractivity contribution is -0.135. The van der Waals surface area contributed by atoms with Crippen molar-refractivity contribution in [3.8, 4) is 0 Å². The number of hydrogen-bond acceptors (Lipinski definition) is 5. The Morgan fingerprint density at radius 3 is 2.68 bits per heavy atom. The molecule has 1 aliphatic rings. The number of carbonyl (C=O) groups is 1. The summed E-state index contributed by atoms with van der Waals surface area (Å²) in [5.74, 6) is -0.348. The van der Waals surface area contributed by atoms with E-state index in [9.17, 15) is 13.2 Å². The summed E-state index contributed by atoms with van der Waals surface area (Å²) in [5, 5.41) is 0. The molecule has 120 valence electrons. The van der Waals surface area contributed by atoms with E-state index in [1.807, 2.05) is 13.8 Å². The molecular formula is C14H19N3O4S. The van der Waals surface area contributed by atoms with Crippen molar-refractivity contribution in [3.63, 3.8) is 0 Å². The molecule has 1 amide bonds. The number of hydroxylamine groups is 1. The molecule has 0 unspecified atom stereocenters. The van der Waals surface area contributed by atoms with Crippen molar-refractivity contribution in [2.24, 2.45) is 10.9 Å². The number of aliphatic imine (C=N–C) groups is 1. The first-order valence-corrected chi connectivity index (χ1v) is 8.46. The fraction of sp³-hybridized carbons (Fsp3) is 0.429. The third kappa shape index (κ3) is 3.28. The highest BCUT2D eigenvalue weighted by atomic mass is 32.2. The average Bonchev–Trinajstić information content (AvgIpc) is 2.73. The Morgan fingerprint density at radius 1 is 1.36 bits per heavy atom. The zero-order chi connectivity index (χ0) is 16.3. The number of benzene rings is 1. The molecule has 0 radical (unpaired) electrons. The van der Waals surface area contributed by atoms with Gasteiger partial charge in [-0.3, -0.25) is 19.3 Å². The predicted molar refractivity (Wildman–Crippen MR) is 81.7 cm³/mol. The van der Waals surface area contributed by atoms with Crippen LogP contribution in [0.5, 0.6) is 0 Å². The maximum atomic E-state index is 12.1. The number of sulfonamides is 1. The maximum absolute atomic E-state index is 12.1. The summed E-state index contributed by atoms with van der Waals surface area (Å²) in [5.41, 5.74) is 2.78. The van der Waals surface area contributed by atoms with E-state index >= 15 is 0 Å². The lowest BCUT2D eigenvalue weighted by Crippen LogP contribution is -2.38. The lowest BCUT2D eigenvalue weighted by Gasteiger charge is -2.16. The van der Waals surface area contributed by atoms with Crippen molar-refractivity contribution in [3.05, 3.63) is 29.8 Å². The molecule has 1 aromatic carbocycles. The average molecular weight is 325 g/mol. The van der Waals surface area contributed by atoms with Crippen LogP contribution < -0.4 is 10.2 Å². The topological polar surface area (TPSA) is 96.9 Å². The minimum absolute atomic E-state index is 0.120. The highest BCUT2D eigenvalue weighted by Crippen LogP contribution is 2.23. The van der Waals surface area contributed by atoms with Gasteiger partial charge in [-0.2, -0.15) is 0 Å². The van der Waals surface area contributed by atoms with Crippen molar-refractivity contribution in [1.82, 2.24) is 10.2 Å². The molecule has 0 fully saturated rings. The first kappa shape index (κ1) is 16.4. The standard InChI is InChI=1S/C14H19N3O4S/c1-4-21-16-14(18)12(9(2)3)15-13-10-7-5-6-8-11(10)22(19,20)17-13/h5-9,12H,4H2,1-3H3,(H,15,17)(H,16,18)/t12-/m1/s1. The SMILES string of the molecule is CCONC(=O)[C@H](N=C1NS(=O)(=O)c2ccccc21)C(C)C. The van der Waals surface area contributed by atoms with Crippen LogP contribution in [-0.4, -0.2) is 32.8 Å². The van der Waals surface area contributed by atoms with Crippen LogP contribution in [0.1, 0.15) is 26.3 Å². The lowest BCUT2D eigenvalue weighted by atomic mass is 10.0. The molecule has 0 saturated carbocycles. The summed E-state index contributed by atoms with van der Waals surface area (Å²) in [7, 11) is -3.61. The van der Waals surface area contributed by atoms with Gasteiger partial charge in [-0.25, -0.2) is 13.9 Å². The quantitative estimate of drug-likeness (QED) is 0.783. The molecule has 0 aromatic heterocycles. The molecule has 7 nitrogen and oxygen atoms in total. The molecule has 0 spiro atoms. The van der Waals surface area contributed by atoms with Crippen LogP contribution in [0, 0.1) is 5.92 Å². The van der Waals surface area contributed by atoms with E-state index in [2.05, 4.69) is 15.2 Å². The number of amides is 1. The first-order valence-electron chi connectivity index (χ1n) is 6.98. The van der Waals surface area contributed by atoms with Crippen LogP contribution in [0.3, 0.4) is 0 Å². The summed E-state index contributed by atoms with van der Waals surface area (Å²) in [6.07, 6.45) is 0. The Bertz CT molecular complexity index is 698. The van der Waals surface area contributed by atoms with Crippen LogP contribution in [0.4, 0.5) is 0 Å². The van der Waals surface area contributed by atoms with E-state index in [-0.39, 0.29) is 16.6 Å². The molecule has 2 N–H and O–H groups in total. The number of rotatable bonds is 5. The molecule has 1 aliphatic heterocycles. The highest BCUT2D eigenvalue weighted by Gasteiger charge is 2.32. The van der Waals surface area contributed by atoms with Crippen LogP contribution in [0.15, 0.2) is 34.2 Å². The third-order valence-electron chi connectivity index (χ3n) is 3.15. The summed E-state index contributed by atoms with van der Waals surface area (Å²) in [6, 6.07) is 5.77. The Balaban J connectivity index is 2.37. The van der Waals surface area contributed by atoms with Gasteiger partial charge < -0.3 is 0 Å². The smallest absolute Gasteiger partial charge is 0.268 e. The number of hydrogen-bond donors (Lipinski definition) is 2. The maximum Gasteiger partial charge on any atom is 0.268 e. The van der Waals surface area contributed by atoms with E-state index in [1.54, 1.807) is 25.1 Å². The molecule has 0 saturated heterocycles. The van der Waals surface area contributed by atoms with Crippen LogP contribution in [-0.2, 0) is 19.7 Å². The zero-order valence-corrected chi connectivity index (χ0v) is 13.5. The van der Waals surface area contributed by atoms with Gasteiger partial charge in [0, 0.05) is 5.56 Å². The van der Waals surface area contributed by atoms with Crippen molar-refractivity contribution < 1.29 is 18.0 Å². The normalized spacial score (nSPS) is 18.8. The van der Waals surface area contributed by atoms with Gasteiger partial charge in [0.25, 0.3) is 15.9 Å². The van der Waals surface area contributed by atoms with E-state index in [0.29, 0.717) is 12.2 Å². The second kappa shape index (κ2) is 6.45. The van der Waals surface area contributed by atoms with Gasteiger partial charge in [0.15, 0.2) is 0 Å². The molecule has 22 heavy (non-hydrogen) atoms. The summed E-state index contributed by atoms with van der Waals surface area (Å²) < 4.78 is 26.5. The summed E-state index contributed by atoms with van der Waals surface area (Å²) in [4.78, 5) is 21.4. The van der Waals surface area contributed by atoms with Crippen LogP contribution in [0.25, 0.3) is 0 Å². The molecule has 0 bridgehead atoms. The van der Waals surface area contributed by atoms with Crippen LogP contribution >= 0.6 is 0 Å². The van der Waals surface area contributed by atoms with Gasteiger partial charge in [-0.05, 0) is 25.0 Å². The van der Waals surface area contributed by atoms with Gasteiger partial charge in [0.2, 0.25) is 0 Å². The minimum atomic E-state index is -3.61. The Labute approximate surface area is 129 Å². The number of carbonyl (C=O) groups excluding carboxylic acids is 1. The van der Waals surface area contributed by atoms with E-state index in [1.165, 1.54) is 6.07 Å². The fourth-order valence-electron chi connectivity index (χ4n) is 2.08. The monoisotopic (exact) mass is 325 g/mol. The van der Waals surface area contributed by atoms with Crippen molar-refractivity contribution in [2.45, 2.75) is 31.7 Å². The Hall–Kier alpha value is -1.93. The van der Waals surface area contributed by atoms with Gasteiger partial charge >= 0.3 is 0 Å². The summed E-state index contributed by atoms with van der Waals surface area (Å²) in [6.45, 7) is 5.74. The van der Waals surface area contributed by atoms with Gasteiger partial charge in [0.1, 0.15) is 11.9 Å². The van der Waals surface area contributed by atoms with E-state index < -0.39 is 22.0 Å². The van der Waals surface area contributed by atoms with Gasteiger partial charge in [-0.15, -0.1) is 0 Å². The molecule has 1 atom stereocenters.